The van der Waals surface area contributed by atoms with Gasteiger partial charge < -0.3 is 21.2 Å². The van der Waals surface area contributed by atoms with Gasteiger partial charge in [0, 0.05) is 78.4 Å². The zero-order valence-corrected chi connectivity index (χ0v) is 24.9. The summed E-state index contributed by atoms with van der Waals surface area (Å²) in [4.78, 5) is 58.9. The van der Waals surface area contributed by atoms with Gasteiger partial charge in [0.2, 0.25) is 29.5 Å². The summed E-state index contributed by atoms with van der Waals surface area (Å²) in [6.07, 6.45) is 6.59. The van der Waals surface area contributed by atoms with Crippen molar-refractivity contribution in [3.63, 3.8) is 0 Å². The van der Waals surface area contributed by atoms with Crippen molar-refractivity contribution in [3.05, 3.63) is 0 Å². The third kappa shape index (κ3) is 23.6. The molecule has 0 bridgehead atoms. The van der Waals surface area contributed by atoms with Crippen LogP contribution in [0.25, 0.3) is 0 Å². The van der Waals surface area contributed by atoms with Crippen LogP contribution in [0.3, 0.4) is 0 Å². The Morgan fingerprint density at radius 2 is 0.878 bits per heavy atom. The molecule has 0 radical (unpaired) electrons. The van der Waals surface area contributed by atoms with E-state index in [0.29, 0.717) is 68.4 Å². The number of amides is 5. The van der Waals surface area contributed by atoms with Crippen molar-refractivity contribution in [1.82, 2.24) is 31.1 Å². The van der Waals surface area contributed by atoms with Gasteiger partial charge >= 0.3 is 0 Å². The Morgan fingerprint density at radius 1 is 0.512 bits per heavy atom. The van der Waals surface area contributed by atoms with Gasteiger partial charge in [-0.15, -0.1) is 0 Å². The molecular weight excluding hydrogens is 536 g/mol. The van der Waals surface area contributed by atoms with Gasteiger partial charge in [-0.2, -0.15) is 5.06 Å². The summed E-state index contributed by atoms with van der Waals surface area (Å²) in [5.41, 5.74) is 0. The molecule has 0 saturated heterocycles. The molecule has 0 aliphatic rings. The van der Waals surface area contributed by atoms with Gasteiger partial charge in [-0.3, -0.25) is 34.4 Å². The molecule has 0 saturated carbocycles. The fraction of sp³-hybridized carbons (Fsp3) is 0.815. The molecule has 0 unspecified atom stereocenters. The van der Waals surface area contributed by atoms with Crippen molar-refractivity contribution in [2.45, 2.75) is 96.8 Å². The summed E-state index contributed by atoms with van der Waals surface area (Å²) in [7, 11) is 1.58. The van der Waals surface area contributed by atoms with Crippen LogP contribution in [0.1, 0.15) is 96.8 Å². The second kappa shape index (κ2) is 24.9. The Kier molecular flexibility index (Phi) is 23.2. The molecule has 14 heteroatoms. The molecule has 0 aliphatic heterocycles. The maximum Gasteiger partial charge on any atom is 0.246 e. The predicted octanol–water partition coefficient (Wildman–Crippen LogP) is 1.57. The van der Waals surface area contributed by atoms with Crippen LogP contribution >= 0.6 is 0 Å². The van der Waals surface area contributed by atoms with Crippen molar-refractivity contribution in [1.29, 1.82) is 0 Å². The number of hydrogen-bond acceptors (Lipinski definition) is 9. The highest BCUT2D eigenvalue weighted by molar-refractivity contribution is 5.83. The highest BCUT2D eigenvalue weighted by Crippen LogP contribution is 2.03. The molecule has 238 valence electrons. The first kappa shape index (κ1) is 38.2. The van der Waals surface area contributed by atoms with E-state index in [1.54, 1.807) is 14.0 Å². The number of rotatable bonds is 25. The van der Waals surface area contributed by atoms with E-state index < -0.39 is 11.8 Å². The number of nitrogens with zero attached hydrogens (tertiary/aromatic N) is 3. The SMILES string of the molecule is CCC(=O)NCCCCCN(O)C(=O)CCC(=O)NCCCCCN(O)C(=O)CCC(=O)NCCCCCN(C)O. The topological polar surface area (TPSA) is 192 Å². The first-order valence-electron chi connectivity index (χ1n) is 14.7. The van der Waals surface area contributed by atoms with E-state index in [0.717, 1.165) is 37.2 Å². The van der Waals surface area contributed by atoms with Gasteiger partial charge in [0.25, 0.3) is 0 Å². The van der Waals surface area contributed by atoms with E-state index in [-0.39, 0.29) is 56.5 Å². The lowest BCUT2D eigenvalue weighted by molar-refractivity contribution is -0.166. The second-order valence-electron chi connectivity index (χ2n) is 10.0. The smallest absolute Gasteiger partial charge is 0.246 e. The molecule has 0 fully saturated rings. The van der Waals surface area contributed by atoms with Gasteiger partial charge in [0.1, 0.15) is 0 Å². The van der Waals surface area contributed by atoms with Crippen LogP contribution in [-0.4, -0.2) is 107 Å². The quantitative estimate of drug-likeness (QED) is 0.0522. The normalized spacial score (nSPS) is 10.8. The molecule has 0 aromatic heterocycles. The van der Waals surface area contributed by atoms with Crippen molar-refractivity contribution in [2.75, 3.05) is 46.3 Å². The third-order valence-electron chi connectivity index (χ3n) is 6.25. The van der Waals surface area contributed by atoms with Gasteiger partial charge in [0.05, 0.1) is 0 Å². The zero-order valence-electron chi connectivity index (χ0n) is 24.9. The van der Waals surface area contributed by atoms with Crippen LogP contribution in [0.5, 0.6) is 0 Å². The lowest BCUT2D eigenvalue weighted by atomic mass is 10.2. The number of carbonyl (C=O) groups is 5. The summed E-state index contributed by atoms with van der Waals surface area (Å²) in [6.45, 7) is 4.10. The summed E-state index contributed by atoms with van der Waals surface area (Å²) >= 11 is 0. The lowest BCUT2D eigenvalue weighted by Gasteiger charge is -2.15. The maximum absolute atomic E-state index is 12.0. The number of nitrogens with one attached hydrogen (secondary N) is 3. The van der Waals surface area contributed by atoms with Crippen LogP contribution < -0.4 is 16.0 Å². The monoisotopic (exact) mass is 588 g/mol. The van der Waals surface area contributed by atoms with E-state index in [2.05, 4.69) is 16.0 Å². The van der Waals surface area contributed by atoms with Crippen molar-refractivity contribution in [2.24, 2.45) is 0 Å². The Labute approximate surface area is 243 Å². The van der Waals surface area contributed by atoms with Gasteiger partial charge in [-0.1, -0.05) is 13.3 Å². The molecule has 14 nitrogen and oxygen atoms in total. The molecule has 0 rings (SSSR count). The zero-order chi connectivity index (χ0) is 30.9. The van der Waals surface area contributed by atoms with Crippen LogP contribution in [0, 0.1) is 0 Å². The third-order valence-corrected chi connectivity index (χ3v) is 6.25. The van der Waals surface area contributed by atoms with Crippen LogP contribution in [-0.2, 0) is 24.0 Å². The number of carbonyl (C=O) groups excluding carboxylic acids is 5. The van der Waals surface area contributed by atoms with Crippen LogP contribution in [0.15, 0.2) is 0 Å². The van der Waals surface area contributed by atoms with Crippen molar-refractivity contribution >= 4 is 29.5 Å². The predicted molar refractivity (Wildman–Crippen MR) is 151 cm³/mol. The minimum absolute atomic E-state index is 0.00212. The average molecular weight is 589 g/mol. The van der Waals surface area contributed by atoms with Crippen LogP contribution in [0.2, 0.25) is 0 Å². The van der Waals surface area contributed by atoms with Gasteiger partial charge in [-0.25, -0.2) is 10.1 Å². The molecule has 0 aliphatic carbocycles. The molecule has 0 spiro atoms. The van der Waals surface area contributed by atoms with Gasteiger partial charge in [0.15, 0.2) is 0 Å². The fourth-order valence-corrected chi connectivity index (χ4v) is 3.70. The molecule has 6 N–H and O–H groups in total. The van der Waals surface area contributed by atoms with Crippen molar-refractivity contribution in [3.8, 4) is 0 Å². The first-order valence-corrected chi connectivity index (χ1v) is 14.7. The summed E-state index contributed by atoms with van der Waals surface area (Å²) in [5.74, 6) is -1.60. The lowest BCUT2D eigenvalue weighted by Crippen LogP contribution is -2.31. The fourth-order valence-electron chi connectivity index (χ4n) is 3.70. The largest absolute Gasteiger partial charge is 0.356 e. The Hall–Kier alpha value is -2.81. The Morgan fingerprint density at radius 3 is 1.24 bits per heavy atom. The van der Waals surface area contributed by atoms with Crippen LogP contribution in [0.4, 0.5) is 0 Å². The summed E-state index contributed by atoms with van der Waals surface area (Å²) in [6, 6.07) is 0. The van der Waals surface area contributed by atoms with E-state index in [1.807, 2.05) is 0 Å². The minimum atomic E-state index is -0.525. The van der Waals surface area contributed by atoms with E-state index in [1.165, 1.54) is 0 Å². The Balaban J connectivity index is 3.74. The highest BCUT2D eigenvalue weighted by Gasteiger charge is 2.14. The van der Waals surface area contributed by atoms with E-state index in [9.17, 15) is 34.4 Å². The molecule has 5 amide bonds. The molecule has 0 aromatic rings. The highest BCUT2D eigenvalue weighted by atomic mass is 16.5. The standard InChI is InChI=1S/C27H52N6O8/c1-3-23(34)28-17-8-5-11-21-32(40)26(37)16-14-25(36)30-19-9-6-12-22-33(41)27(38)15-13-24(35)29-18-7-4-10-20-31(2)39/h39-41H,3-22H2,1-2H3,(H,28,34)(H,29,35)(H,30,36). The first-order chi connectivity index (χ1) is 19.6. The molecule has 0 atom stereocenters. The average Bonchev–Trinajstić information content (AvgIpc) is 2.94. The van der Waals surface area contributed by atoms with Crippen molar-refractivity contribution < 1.29 is 39.6 Å². The van der Waals surface area contributed by atoms with Gasteiger partial charge in [-0.05, 0) is 51.4 Å². The number of unbranched alkanes of at least 4 members (excludes halogenated alkanes) is 6. The van der Waals surface area contributed by atoms with E-state index >= 15 is 0 Å². The molecular formula is C27H52N6O8. The molecule has 41 heavy (non-hydrogen) atoms. The summed E-state index contributed by atoms with van der Waals surface area (Å²) < 4.78 is 0. The maximum atomic E-state index is 12.0. The molecule has 0 heterocycles. The molecule has 0 aromatic carbocycles. The number of hydroxylamine groups is 6. The number of hydrogen-bond donors (Lipinski definition) is 6. The second-order valence-corrected chi connectivity index (χ2v) is 10.0. The Bertz CT molecular complexity index is 768. The minimum Gasteiger partial charge on any atom is -0.356 e. The summed E-state index contributed by atoms with van der Waals surface area (Å²) in [5, 5.41) is 39.3. The van der Waals surface area contributed by atoms with E-state index in [4.69, 9.17) is 5.21 Å².